The van der Waals surface area contributed by atoms with Crippen molar-refractivity contribution in [1.29, 1.82) is 0 Å². The topological polar surface area (TPSA) is 54.2 Å². The zero-order valence-electron chi connectivity index (χ0n) is 11.3. The van der Waals surface area contributed by atoms with Gasteiger partial charge in [0.15, 0.2) is 0 Å². The van der Waals surface area contributed by atoms with Gasteiger partial charge in [-0.2, -0.15) is 11.8 Å². The van der Waals surface area contributed by atoms with Crippen molar-refractivity contribution in [3.05, 3.63) is 23.4 Å². The van der Waals surface area contributed by atoms with E-state index in [1.807, 2.05) is 24.9 Å². The highest BCUT2D eigenvalue weighted by molar-refractivity contribution is 7.99. The highest BCUT2D eigenvalue weighted by atomic mass is 32.2. The molecule has 0 spiro atoms. The van der Waals surface area contributed by atoms with Gasteiger partial charge in [0.2, 0.25) is 0 Å². The van der Waals surface area contributed by atoms with Crippen LogP contribution in [0.3, 0.4) is 0 Å². The summed E-state index contributed by atoms with van der Waals surface area (Å²) in [6.07, 6.45) is 1.78. The van der Waals surface area contributed by atoms with Gasteiger partial charge in [-0.1, -0.05) is 0 Å². The van der Waals surface area contributed by atoms with Gasteiger partial charge >= 0.3 is 0 Å². The fraction of sp³-hybridized carbons (Fsp3) is 0.615. The van der Waals surface area contributed by atoms with Crippen molar-refractivity contribution < 1.29 is 0 Å². The highest BCUT2D eigenvalue weighted by Gasteiger charge is 2.30. The molecule has 5 heteroatoms. The minimum atomic E-state index is 0.247. The summed E-state index contributed by atoms with van der Waals surface area (Å²) in [6.45, 7) is 3.24. The van der Waals surface area contributed by atoms with Crippen LogP contribution in [0.5, 0.6) is 0 Å². The predicted octanol–water partition coefficient (Wildman–Crippen LogP) is 1.28. The molecule has 0 aliphatic carbocycles. The molecule has 3 N–H and O–H groups in total. The van der Waals surface area contributed by atoms with Crippen LogP contribution in [0.2, 0.25) is 0 Å². The fourth-order valence-corrected chi connectivity index (χ4v) is 3.85. The van der Waals surface area contributed by atoms with Crippen LogP contribution in [-0.2, 0) is 0 Å². The summed E-state index contributed by atoms with van der Waals surface area (Å²) >= 11 is 2.01. The van der Waals surface area contributed by atoms with Crippen molar-refractivity contribution in [2.24, 2.45) is 0 Å². The normalized spacial score (nSPS) is 22.9. The number of nitrogens with zero attached hydrogens (tertiary/aromatic N) is 2. The van der Waals surface area contributed by atoms with E-state index >= 15 is 0 Å². The molecule has 2 atom stereocenters. The van der Waals surface area contributed by atoms with Gasteiger partial charge < -0.3 is 11.1 Å². The average Bonchev–Trinajstić information content (AvgIpc) is 2.35. The van der Waals surface area contributed by atoms with Crippen LogP contribution in [0.4, 0.5) is 5.82 Å². The van der Waals surface area contributed by atoms with Crippen molar-refractivity contribution in [3.8, 4) is 0 Å². The van der Waals surface area contributed by atoms with Crippen LogP contribution in [0.25, 0.3) is 0 Å². The first-order chi connectivity index (χ1) is 8.65. The van der Waals surface area contributed by atoms with E-state index in [1.54, 1.807) is 6.20 Å². The number of hydrogen-bond donors (Lipinski definition) is 2. The van der Waals surface area contributed by atoms with E-state index in [-0.39, 0.29) is 6.04 Å². The molecule has 1 aliphatic rings. The Morgan fingerprint density at radius 1 is 1.61 bits per heavy atom. The number of likely N-dealkylation sites (N-methyl/N-ethyl adjacent to an activating group) is 2. The van der Waals surface area contributed by atoms with Gasteiger partial charge in [-0.3, -0.25) is 4.90 Å². The maximum atomic E-state index is 6.07. The number of aryl methyl sites for hydroxylation is 1. The standard InChI is InChI=1S/C13H22N4S/c1-9-4-5-16-13(14)11(9)12(15-2)10-8-18-7-6-17(10)3/h4-5,10,12,15H,6-8H2,1-3H3,(H2,14,16). The van der Waals surface area contributed by atoms with Gasteiger partial charge in [0, 0.05) is 35.9 Å². The third-order valence-electron chi connectivity index (χ3n) is 3.69. The summed E-state index contributed by atoms with van der Waals surface area (Å²) in [7, 11) is 4.19. The Labute approximate surface area is 113 Å². The number of rotatable bonds is 3. The van der Waals surface area contributed by atoms with Crippen LogP contribution in [0, 0.1) is 6.92 Å². The molecule has 2 unspecified atom stereocenters. The number of aromatic nitrogens is 1. The monoisotopic (exact) mass is 266 g/mol. The lowest BCUT2D eigenvalue weighted by molar-refractivity contribution is 0.221. The van der Waals surface area contributed by atoms with Crippen molar-refractivity contribution >= 4 is 17.6 Å². The smallest absolute Gasteiger partial charge is 0.128 e. The summed E-state index contributed by atoms with van der Waals surface area (Å²) in [5.41, 5.74) is 8.44. The van der Waals surface area contributed by atoms with Gasteiger partial charge in [0.25, 0.3) is 0 Å². The second-order valence-corrected chi connectivity index (χ2v) is 5.97. The molecule has 1 saturated heterocycles. The Hall–Kier alpha value is -0.780. The van der Waals surface area contributed by atoms with Crippen molar-refractivity contribution in [3.63, 3.8) is 0 Å². The van der Waals surface area contributed by atoms with Crippen LogP contribution < -0.4 is 11.1 Å². The van der Waals surface area contributed by atoms with Crippen molar-refractivity contribution in [1.82, 2.24) is 15.2 Å². The SMILES string of the molecule is CNC(c1c(C)ccnc1N)C1CSCCN1C. The third kappa shape index (κ3) is 2.63. The number of nitrogens with one attached hydrogen (secondary N) is 1. The summed E-state index contributed by atoms with van der Waals surface area (Å²) in [5.74, 6) is 3.00. The van der Waals surface area contributed by atoms with E-state index in [1.165, 1.54) is 11.3 Å². The predicted molar refractivity (Wildman–Crippen MR) is 78.9 cm³/mol. The van der Waals surface area contributed by atoms with Gasteiger partial charge in [-0.05, 0) is 32.6 Å². The largest absolute Gasteiger partial charge is 0.383 e. The lowest BCUT2D eigenvalue weighted by Gasteiger charge is -2.38. The average molecular weight is 266 g/mol. The highest BCUT2D eigenvalue weighted by Crippen LogP contribution is 2.30. The van der Waals surface area contributed by atoms with Gasteiger partial charge in [-0.25, -0.2) is 4.98 Å². The zero-order valence-corrected chi connectivity index (χ0v) is 12.1. The molecular weight excluding hydrogens is 244 g/mol. The van der Waals surface area contributed by atoms with Crippen molar-refractivity contribution in [2.45, 2.75) is 19.0 Å². The molecule has 1 aromatic rings. The van der Waals surface area contributed by atoms with E-state index in [2.05, 4.69) is 29.2 Å². The van der Waals surface area contributed by atoms with Gasteiger partial charge in [0.05, 0.1) is 6.04 Å². The molecule has 4 nitrogen and oxygen atoms in total. The van der Waals surface area contributed by atoms with Crippen LogP contribution in [-0.4, -0.2) is 48.1 Å². The Morgan fingerprint density at radius 2 is 2.39 bits per heavy atom. The lowest BCUT2D eigenvalue weighted by Crippen LogP contribution is -2.47. The molecule has 2 rings (SSSR count). The number of nitrogens with two attached hydrogens (primary N) is 1. The molecule has 18 heavy (non-hydrogen) atoms. The maximum Gasteiger partial charge on any atom is 0.128 e. The first-order valence-electron chi connectivity index (χ1n) is 6.31. The second kappa shape index (κ2) is 5.91. The van der Waals surface area contributed by atoms with Crippen LogP contribution in [0.15, 0.2) is 12.3 Å². The summed E-state index contributed by atoms with van der Waals surface area (Å²) < 4.78 is 0. The molecule has 0 aromatic carbocycles. The minimum Gasteiger partial charge on any atom is -0.383 e. The number of hydrogen-bond acceptors (Lipinski definition) is 5. The molecule has 0 amide bonds. The number of pyridine rings is 1. The van der Waals surface area contributed by atoms with E-state index in [0.717, 1.165) is 17.9 Å². The molecule has 1 aromatic heterocycles. The Morgan fingerprint density at radius 3 is 3.00 bits per heavy atom. The maximum absolute atomic E-state index is 6.07. The molecule has 0 bridgehead atoms. The van der Waals surface area contributed by atoms with Crippen molar-refractivity contribution in [2.75, 3.05) is 37.9 Å². The number of anilines is 1. The zero-order chi connectivity index (χ0) is 13.1. The van der Waals surface area contributed by atoms with Gasteiger partial charge in [-0.15, -0.1) is 0 Å². The van der Waals surface area contributed by atoms with E-state index in [9.17, 15) is 0 Å². The summed E-state index contributed by atoms with van der Waals surface area (Å²) in [6, 6.07) is 2.75. The van der Waals surface area contributed by atoms with E-state index in [4.69, 9.17) is 5.73 Å². The molecule has 100 valence electrons. The molecule has 1 fully saturated rings. The first kappa shape index (κ1) is 13.6. The lowest BCUT2D eigenvalue weighted by atomic mass is 9.96. The number of thioether (sulfide) groups is 1. The third-order valence-corrected chi connectivity index (χ3v) is 4.74. The van der Waals surface area contributed by atoms with Crippen LogP contribution in [0.1, 0.15) is 17.2 Å². The second-order valence-electron chi connectivity index (χ2n) is 4.82. The Balaban J connectivity index is 2.32. The molecular formula is C13H22N4S. The fourth-order valence-electron chi connectivity index (χ4n) is 2.58. The summed E-state index contributed by atoms with van der Waals surface area (Å²) in [5, 5.41) is 3.43. The Kier molecular flexibility index (Phi) is 4.48. The minimum absolute atomic E-state index is 0.247. The first-order valence-corrected chi connectivity index (χ1v) is 7.47. The quantitative estimate of drug-likeness (QED) is 0.863. The molecule has 0 radical (unpaired) electrons. The number of nitrogen functional groups attached to an aromatic ring is 1. The molecule has 2 heterocycles. The van der Waals surface area contributed by atoms with E-state index in [0.29, 0.717) is 11.9 Å². The molecule has 0 saturated carbocycles. The molecule has 1 aliphatic heterocycles. The summed E-state index contributed by atoms with van der Waals surface area (Å²) in [4.78, 5) is 6.66. The van der Waals surface area contributed by atoms with Gasteiger partial charge in [0.1, 0.15) is 5.82 Å². The Bertz CT molecular complexity index is 390. The van der Waals surface area contributed by atoms with Crippen LogP contribution >= 0.6 is 11.8 Å². The van der Waals surface area contributed by atoms with E-state index < -0.39 is 0 Å².